The van der Waals surface area contributed by atoms with Gasteiger partial charge in [-0.15, -0.1) is 0 Å². The van der Waals surface area contributed by atoms with Crippen LogP contribution < -0.4 is 16.4 Å². The maximum absolute atomic E-state index is 11.7. The van der Waals surface area contributed by atoms with Crippen LogP contribution in [0.1, 0.15) is 11.7 Å². The molecule has 1 unspecified atom stereocenters. The van der Waals surface area contributed by atoms with Gasteiger partial charge >= 0.3 is 0 Å². The van der Waals surface area contributed by atoms with Gasteiger partial charge in [-0.2, -0.15) is 0 Å². The molecule has 5 N–H and O–H groups in total. The highest BCUT2D eigenvalue weighted by molar-refractivity contribution is 7.99. The maximum atomic E-state index is 11.7. The van der Waals surface area contributed by atoms with Gasteiger partial charge in [-0.25, -0.2) is 9.97 Å². The second-order valence-corrected chi connectivity index (χ2v) is 5.66. The lowest BCUT2D eigenvalue weighted by molar-refractivity contribution is -0.125. The summed E-state index contributed by atoms with van der Waals surface area (Å²) in [6.45, 7) is 0. The fourth-order valence-corrected chi connectivity index (χ4v) is 2.98. The quantitative estimate of drug-likeness (QED) is 0.702. The number of nitrogen functional groups attached to an aromatic ring is 2. The highest BCUT2D eigenvalue weighted by Crippen LogP contribution is 2.38. The molecule has 3 rings (SSSR count). The zero-order valence-corrected chi connectivity index (χ0v) is 12.0. The summed E-state index contributed by atoms with van der Waals surface area (Å²) in [5.41, 5.74) is 12.5. The van der Waals surface area contributed by atoms with E-state index in [9.17, 15) is 9.90 Å². The van der Waals surface area contributed by atoms with Crippen LogP contribution in [0.15, 0.2) is 34.3 Å². The summed E-state index contributed by atoms with van der Waals surface area (Å²) in [5.74, 6) is 0.263. The number of nitrogens with zero attached hydrogens (tertiary/aromatic N) is 3. The number of likely N-dealkylation sites (N-methyl/N-ethyl adjacent to an activating group) is 1. The van der Waals surface area contributed by atoms with Crippen LogP contribution in [0.4, 0.5) is 17.3 Å². The average molecular weight is 303 g/mol. The Kier molecular flexibility index (Phi) is 3.19. The molecule has 1 aliphatic heterocycles. The van der Waals surface area contributed by atoms with E-state index in [4.69, 9.17) is 11.5 Å². The number of carbonyl (C=O) groups is 1. The van der Waals surface area contributed by atoms with Crippen LogP contribution in [0, 0.1) is 0 Å². The number of carbonyl (C=O) groups excluding carboxylic acids is 1. The van der Waals surface area contributed by atoms with E-state index >= 15 is 0 Å². The third-order valence-corrected chi connectivity index (χ3v) is 4.03. The van der Waals surface area contributed by atoms with Crippen molar-refractivity contribution in [2.24, 2.45) is 0 Å². The van der Waals surface area contributed by atoms with Gasteiger partial charge in [-0.1, -0.05) is 6.07 Å². The lowest BCUT2D eigenvalue weighted by Gasteiger charge is -2.10. The molecule has 0 aliphatic carbocycles. The summed E-state index contributed by atoms with van der Waals surface area (Å²) in [7, 11) is 1.63. The minimum absolute atomic E-state index is 0.300. The van der Waals surface area contributed by atoms with E-state index in [1.165, 1.54) is 22.7 Å². The fourth-order valence-electron chi connectivity index (χ4n) is 2.16. The van der Waals surface area contributed by atoms with Crippen LogP contribution in [0.2, 0.25) is 0 Å². The Morgan fingerprint density at radius 1 is 1.24 bits per heavy atom. The van der Waals surface area contributed by atoms with Crippen molar-refractivity contribution in [2.45, 2.75) is 16.2 Å². The summed E-state index contributed by atoms with van der Waals surface area (Å²) in [4.78, 5) is 22.2. The van der Waals surface area contributed by atoms with Gasteiger partial charge < -0.3 is 21.5 Å². The molecule has 2 aromatic rings. The first-order valence-electron chi connectivity index (χ1n) is 6.13. The maximum Gasteiger partial charge on any atom is 0.260 e. The third-order valence-electron chi connectivity index (χ3n) is 3.18. The van der Waals surface area contributed by atoms with E-state index in [0.29, 0.717) is 28.0 Å². The Labute approximate surface area is 125 Å². The molecule has 1 aliphatic rings. The Balaban J connectivity index is 1.93. The molecule has 2 heterocycles. The lowest BCUT2D eigenvalue weighted by Crippen LogP contribution is -2.23. The number of aliphatic hydroxyl groups is 1. The van der Waals surface area contributed by atoms with Gasteiger partial charge in [-0.3, -0.25) is 4.79 Å². The van der Waals surface area contributed by atoms with Crippen LogP contribution in [0.25, 0.3) is 0 Å². The molecule has 0 saturated heterocycles. The van der Waals surface area contributed by atoms with Gasteiger partial charge in [-0.05, 0) is 23.9 Å². The molecule has 0 bridgehead atoms. The second-order valence-electron chi connectivity index (χ2n) is 4.62. The van der Waals surface area contributed by atoms with Crippen molar-refractivity contribution in [3.8, 4) is 0 Å². The first kappa shape index (κ1) is 13.7. The molecule has 108 valence electrons. The SMILES string of the molecule is CN1C(=O)C(O)c2ccc(Sc3nc(N)cc(N)n3)cc21. The second kappa shape index (κ2) is 4.90. The topological polar surface area (TPSA) is 118 Å². The summed E-state index contributed by atoms with van der Waals surface area (Å²) < 4.78 is 0. The number of benzene rings is 1. The minimum atomic E-state index is -1.09. The molecule has 1 atom stereocenters. The van der Waals surface area contributed by atoms with E-state index in [-0.39, 0.29) is 5.91 Å². The van der Waals surface area contributed by atoms with E-state index in [1.807, 2.05) is 0 Å². The fraction of sp³-hybridized carbons (Fsp3) is 0.154. The van der Waals surface area contributed by atoms with E-state index in [1.54, 1.807) is 25.2 Å². The highest BCUT2D eigenvalue weighted by atomic mass is 32.2. The van der Waals surface area contributed by atoms with Crippen molar-refractivity contribution in [1.82, 2.24) is 9.97 Å². The molecule has 7 nitrogen and oxygen atoms in total. The van der Waals surface area contributed by atoms with Gasteiger partial charge in [0, 0.05) is 23.6 Å². The first-order chi connectivity index (χ1) is 9.95. The van der Waals surface area contributed by atoms with Gasteiger partial charge in [0.2, 0.25) is 0 Å². The standard InChI is InChI=1S/C13H13N5O2S/c1-18-8-4-6(2-3-7(8)11(19)12(18)20)21-13-16-9(14)5-10(15)17-13/h2-5,11,19H,1H3,(H4,14,15,16,17). The molecule has 8 heteroatoms. The van der Waals surface area contributed by atoms with Crippen molar-refractivity contribution in [3.05, 3.63) is 29.8 Å². The number of anilines is 3. The molecule has 1 amide bonds. The van der Waals surface area contributed by atoms with E-state index < -0.39 is 6.10 Å². The van der Waals surface area contributed by atoms with Gasteiger partial charge in [0.25, 0.3) is 5.91 Å². The monoisotopic (exact) mass is 303 g/mol. The van der Waals surface area contributed by atoms with Crippen molar-refractivity contribution < 1.29 is 9.90 Å². The molecule has 0 fully saturated rings. The number of nitrogens with two attached hydrogens (primary N) is 2. The van der Waals surface area contributed by atoms with Crippen molar-refractivity contribution in [1.29, 1.82) is 0 Å². The van der Waals surface area contributed by atoms with E-state index in [2.05, 4.69) is 9.97 Å². The third kappa shape index (κ3) is 2.39. The number of aromatic nitrogens is 2. The smallest absolute Gasteiger partial charge is 0.260 e. The van der Waals surface area contributed by atoms with Crippen LogP contribution in [0.5, 0.6) is 0 Å². The number of rotatable bonds is 2. The van der Waals surface area contributed by atoms with E-state index in [0.717, 1.165) is 4.90 Å². The number of amides is 1. The van der Waals surface area contributed by atoms with Gasteiger partial charge in [0.15, 0.2) is 11.3 Å². The predicted octanol–water partition coefficient (Wildman–Crippen LogP) is 0.802. The van der Waals surface area contributed by atoms with Crippen molar-refractivity contribution >= 4 is 35.0 Å². The molecule has 1 aromatic carbocycles. The molecule has 0 radical (unpaired) electrons. The molecule has 0 saturated carbocycles. The molecular weight excluding hydrogens is 290 g/mol. The van der Waals surface area contributed by atoms with Crippen molar-refractivity contribution in [2.75, 3.05) is 23.4 Å². The van der Waals surface area contributed by atoms with Crippen LogP contribution >= 0.6 is 11.8 Å². The first-order valence-corrected chi connectivity index (χ1v) is 6.95. The Hall–Kier alpha value is -2.32. The van der Waals surface area contributed by atoms with Crippen LogP contribution in [-0.2, 0) is 4.79 Å². The Morgan fingerprint density at radius 3 is 2.57 bits per heavy atom. The van der Waals surface area contributed by atoms with Crippen molar-refractivity contribution in [3.63, 3.8) is 0 Å². The predicted molar refractivity (Wildman–Crippen MR) is 79.8 cm³/mol. The highest BCUT2D eigenvalue weighted by Gasteiger charge is 2.33. The number of hydrogen-bond acceptors (Lipinski definition) is 7. The van der Waals surface area contributed by atoms with Crippen LogP contribution in [0.3, 0.4) is 0 Å². The normalized spacial score (nSPS) is 17.1. The molecular formula is C13H13N5O2S. The van der Waals surface area contributed by atoms with Gasteiger partial charge in [0.1, 0.15) is 11.6 Å². The molecule has 1 aromatic heterocycles. The number of aliphatic hydroxyl groups excluding tert-OH is 1. The number of hydrogen-bond donors (Lipinski definition) is 3. The lowest BCUT2D eigenvalue weighted by atomic mass is 10.1. The summed E-state index contributed by atoms with van der Waals surface area (Å²) in [6.07, 6.45) is -1.09. The summed E-state index contributed by atoms with van der Waals surface area (Å²) >= 11 is 1.28. The Bertz CT molecular complexity index is 716. The summed E-state index contributed by atoms with van der Waals surface area (Å²) in [5, 5.41) is 10.2. The zero-order chi connectivity index (χ0) is 15.1. The van der Waals surface area contributed by atoms with Gasteiger partial charge in [0.05, 0.1) is 5.69 Å². The molecule has 21 heavy (non-hydrogen) atoms. The Morgan fingerprint density at radius 2 is 1.90 bits per heavy atom. The number of fused-ring (bicyclic) bond motifs is 1. The largest absolute Gasteiger partial charge is 0.383 e. The summed E-state index contributed by atoms with van der Waals surface area (Å²) in [6, 6.07) is 6.80. The average Bonchev–Trinajstić information content (AvgIpc) is 2.63. The molecule has 0 spiro atoms. The minimum Gasteiger partial charge on any atom is -0.383 e. The van der Waals surface area contributed by atoms with Crippen LogP contribution in [-0.4, -0.2) is 28.0 Å². The zero-order valence-electron chi connectivity index (χ0n) is 11.1.